The van der Waals surface area contributed by atoms with Crippen molar-refractivity contribution in [2.45, 2.75) is 12.3 Å². The van der Waals surface area contributed by atoms with Gasteiger partial charge in [0.05, 0.1) is 17.1 Å². The summed E-state index contributed by atoms with van der Waals surface area (Å²) >= 11 is 0. The van der Waals surface area contributed by atoms with Crippen LogP contribution in [0.3, 0.4) is 0 Å². The van der Waals surface area contributed by atoms with Crippen LogP contribution in [0.25, 0.3) is 0 Å². The van der Waals surface area contributed by atoms with Crippen LogP contribution < -0.4 is 0 Å². The molecule has 0 aliphatic carbocycles. The molecule has 5 nitrogen and oxygen atoms in total. The summed E-state index contributed by atoms with van der Waals surface area (Å²) in [6.07, 6.45) is 3.35. The number of carboxylic acid groups (broad SMARTS) is 1. The highest BCUT2D eigenvalue weighted by Gasteiger charge is 2.29. The predicted molar refractivity (Wildman–Crippen MR) is 57.2 cm³/mol. The average molecular weight is 241 g/mol. The van der Waals surface area contributed by atoms with Gasteiger partial charge in [0.1, 0.15) is 0 Å². The zero-order valence-corrected chi connectivity index (χ0v) is 9.27. The maximum absolute atomic E-state index is 11.3. The first kappa shape index (κ1) is 11.1. The third-order valence-corrected chi connectivity index (χ3v) is 4.48. The van der Waals surface area contributed by atoms with E-state index in [9.17, 15) is 13.2 Å². The van der Waals surface area contributed by atoms with Crippen LogP contribution in [0, 0.1) is 0 Å². The van der Waals surface area contributed by atoms with Gasteiger partial charge >= 0.3 is 5.97 Å². The van der Waals surface area contributed by atoms with Crippen molar-refractivity contribution in [1.82, 2.24) is 4.98 Å². The van der Waals surface area contributed by atoms with E-state index in [1.54, 1.807) is 0 Å². The number of aromatic carboxylic acids is 1. The number of nitrogens with zero attached hydrogens (tertiary/aromatic N) is 1. The van der Waals surface area contributed by atoms with Crippen LogP contribution in [-0.2, 0) is 9.84 Å². The molecule has 1 N–H and O–H groups in total. The Balaban J connectivity index is 2.28. The topological polar surface area (TPSA) is 84.3 Å². The molecular weight excluding hydrogens is 230 g/mol. The van der Waals surface area contributed by atoms with Gasteiger partial charge in [-0.3, -0.25) is 4.98 Å². The summed E-state index contributed by atoms with van der Waals surface area (Å²) in [5, 5.41) is 8.80. The summed E-state index contributed by atoms with van der Waals surface area (Å²) in [7, 11) is -2.95. The molecule has 1 aliphatic heterocycles. The molecule has 16 heavy (non-hydrogen) atoms. The smallest absolute Gasteiger partial charge is 0.337 e. The number of hydrogen-bond donors (Lipinski definition) is 1. The first-order valence-electron chi connectivity index (χ1n) is 4.86. The van der Waals surface area contributed by atoms with Gasteiger partial charge in [0.2, 0.25) is 0 Å². The molecule has 1 unspecified atom stereocenters. The van der Waals surface area contributed by atoms with Gasteiger partial charge in [0, 0.05) is 18.3 Å². The molecule has 0 radical (unpaired) electrons. The number of sulfone groups is 1. The van der Waals surface area contributed by atoms with Crippen LogP contribution in [0.4, 0.5) is 0 Å². The van der Waals surface area contributed by atoms with Gasteiger partial charge in [-0.2, -0.15) is 0 Å². The lowest BCUT2D eigenvalue weighted by atomic mass is 9.99. The van der Waals surface area contributed by atoms with E-state index < -0.39 is 15.8 Å². The van der Waals surface area contributed by atoms with Crippen molar-refractivity contribution in [2.75, 3.05) is 11.5 Å². The van der Waals surface area contributed by atoms with E-state index in [1.807, 2.05) is 0 Å². The summed E-state index contributed by atoms with van der Waals surface area (Å²) in [6, 6.07) is 1.50. The molecule has 6 heteroatoms. The lowest BCUT2D eigenvalue weighted by Crippen LogP contribution is -2.06. The minimum Gasteiger partial charge on any atom is -0.478 e. The van der Waals surface area contributed by atoms with Crippen LogP contribution in [0.5, 0.6) is 0 Å². The lowest BCUT2D eigenvalue weighted by Gasteiger charge is -2.07. The Bertz CT molecular complexity index is 523. The lowest BCUT2D eigenvalue weighted by molar-refractivity contribution is 0.0696. The molecule has 1 aromatic heterocycles. The Labute approximate surface area is 93.1 Å². The molecule has 0 aromatic carbocycles. The minimum absolute atomic E-state index is 0.0950. The molecule has 0 bridgehead atoms. The Morgan fingerprint density at radius 2 is 2.19 bits per heavy atom. The van der Waals surface area contributed by atoms with Gasteiger partial charge in [0.15, 0.2) is 9.84 Å². The quantitative estimate of drug-likeness (QED) is 0.823. The zero-order valence-electron chi connectivity index (χ0n) is 8.46. The molecule has 0 amide bonds. The standard InChI is InChI=1S/C10H11NO4S/c12-10(13)9-3-8(4-11-5-9)7-1-2-16(14,15)6-7/h3-5,7H,1-2,6H2,(H,12,13). The van der Waals surface area contributed by atoms with E-state index in [4.69, 9.17) is 5.11 Å². The molecule has 1 saturated heterocycles. The Morgan fingerprint density at radius 3 is 2.75 bits per heavy atom. The fourth-order valence-corrected chi connectivity index (χ4v) is 3.64. The molecule has 1 atom stereocenters. The van der Waals surface area contributed by atoms with Gasteiger partial charge in [-0.25, -0.2) is 13.2 Å². The Morgan fingerprint density at radius 1 is 1.44 bits per heavy atom. The number of hydrogen-bond acceptors (Lipinski definition) is 4. The number of aromatic nitrogens is 1. The fourth-order valence-electron chi connectivity index (χ4n) is 1.86. The van der Waals surface area contributed by atoms with E-state index in [1.165, 1.54) is 18.5 Å². The average Bonchev–Trinajstić information content (AvgIpc) is 2.59. The van der Waals surface area contributed by atoms with E-state index in [0.717, 1.165) is 0 Å². The predicted octanol–water partition coefficient (Wildman–Crippen LogP) is 0.682. The third-order valence-electron chi connectivity index (χ3n) is 2.71. The SMILES string of the molecule is O=C(O)c1cncc(C2CCS(=O)(=O)C2)c1. The largest absolute Gasteiger partial charge is 0.478 e. The molecule has 0 spiro atoms. The van der Waals surface area contributed by atoms with Crippen molar-refractivity contribution in [3.63, 3.8) is 0 Å². The maximum atomic E-state index is 11.3. The fraction of sp³-hybridized carbons (Fsp3) is 0.400. The summed E-state index contributed by atoms with van der Waals surface area (Å²) in [5.41, 5.74) is 0.794. The van der Waals surface area contributed by atoms with Gasteiger partial charge in [-0.1, -0.05) is 0 Å². The Kier molecular flexibility index (Phi) is 2.67. The highest BCUT2D eigenvalue weighted by Crippen LogP contribution is 2.28. The molecular formula is C10H11NO4S. The maximum Gasteiger partial charge on any atom is 0.337 e. The van der Waals surface area contributed by atoms with Gasteiger partial charge in [-0.05, 0) is 18.1 Å². The second kappa shape index (κ2) is 3.86. The van der Waals surface area contributed by atoms with Crippen molar-refractivity contribution in [3.05, 3.63) is 29.6 Å². The summed E-state index contributed by atoms with van der Waals surface area (Å²) in [6.45, 7) is 0. The molecule has 2 heterocycles. The minimum atomic E-state index is -2.95. The summed E-state index contributed by atoms with van der Waals surface area (Å²) in [4.78, 5) is 14.6. The number of pyridine rings is 1. The van der Waals surface area contributed by atoms with Gasteiger partial charge < -0.3 is 5.11 Å². The normalized spacial score (nSPS) is 23.1. The zero-order chi connectivity index (χ0) is 11.8. The van der Waals surface area contributed by atoms with Crippen LogP contribution in [0.2, 0.25) is 0 Å². The number of carboxylic acids is 1. The highest BCUT2D eigenvalue weighted by molar-refractivity contribution is 7.91. The molecule has 0 saturated carbocycles. The van der Waals surface area contributed by atoms with E-state index in [-0.39, 0.29) is 23.0 Å². The first-order chi connectivity index (χ1) is 7.48. The van der Waals surface area contributed by atoms with Crippen molar-refractivity contribution in [1.29, 1.82) is 0 Å². The first-order valence-corrected chi connectivity index (χ1v) is 6.69. The highest BCUT2D eigenvalue weighted by atomic mass is 32.2. The van der Waals surface area contributed by atoms with Crippen molar-refractivity contribution >= 4 is 15.8 Å². The number of carbonyl (C=O) groups is 1. The van der Waals surface area contributed by atoms with Crippen molar-refractivity contribution in [3.8, 4) is 0 Å². The van der Waals surface area contributed by atoms with Crippen molar-refractivity contribution in [2.24, 2.45) is 0 Å². The summed E-state index contributed by atoms with van der Waals surface area (Å²) in [5.74, 6) is -0.890. The van der Waals surface area contributed by atoms with Gasteiger partial charge in [-0.15, -0.1) is 0 Å². The summed E-state index contributed by atoms with van der Waals surface area (Å²) < 4.78 is 22.6. The second-order valence-corrected chi connectivity index (χ2v) is 6.14. The second-order valence-electron chi connectivity index (χ2n) is 3.91. The van der Waals surface area contributed by atoms with E-state index in [2.05, 4.69) is 4.98 Å². The van der Waals surface area contributed by atoms with Crippen molar-refractivity contribution < 1.29 is 18.3 Å². The molecule has 86 valence electrons. The van der Waals surface area contributed by atoms with Crippen LogP contribution in [0.15, 0.2) is 18.5 Å². The monoisotopic (exact) mass is 241 g/mol. The van der Waals surface area contributed by atoms with Crippen LogP contribution in [-0.4, -0.2) is 36.0 Å². The molecule has 2 rings (SSSR count). The number of rotatable bonds is 2. The Hall–Kier alpha value is -1.43. The van der Waals surface area contributed by atoms with Crippen LogP contribution in [0.1, 0.15) is 28.3 Å². The van der Waals surface area contributed by atoms with E-state index in [0.29, 0.717) is 12.0 Å². The molecule has 1 aliphatic rings. The van der Waals surface area contributed by atoms with Crippen LogP contribution >= 0.6 is 0 Å². The third kappa shape index (κ3) is 2.21. The molecule has 1 aromatic rings. The van der Waals surface area contributed by atoms with E-state index >= 15 is 0 Å². The molecule has 1 fully saturated rings. The van der Waals surface area contributed by atoms with Gasteiger partial charge in [0.25, 0.3) is 0 Å².